The Balaban J connectivity index is 0.000000648. The Kier molecular flexibility index (Phi) is 9.41. The van der Waals surface area contributed by atoms with Gasteiger partial charge in [-0.3, -0.25) is 5.14 Å². The number of rotatable bonds is 6. The number of hydrogen-bond acceptors (Lipinski definition) is 6. The molecular weight excluding hydrogens is 344 g/mol. The van der Waals surface area contributed by atoms with Crippen LogP contribution in [0.5, 0.6) is 6.01 Å². The van der Waals surface area contributed by atoms with Crippen molar-refractivity contribution < 1.29 is 4.74 Å². The molecule has 0 atom stereocenters. The Bertz CT molecular complexity index is 665. The molecule has 130 valence electrons. The van der Waals surface area contributed by atoms with E-state index in [1.54, 1.807) is 6.07 Å². The normalized spacial score (nSPS) is 9.88. The third-order valence-electron chi connectivity index (χ3n) is 2.85. The summed E-state index contributed by atoms with van der Waals surface area (Å²) in [6.07, 6.45) is 1.10. The van der Waals surface area contributed by atoms with E-state index in [0.717, 1.165) is 30.5 Å². The zero-order valence-corrected chi connectivity index (χ0v) is 15.5. The lowest BCUT2D eigenvalue weighted by Crippen LogP contribution is -2.01. The zero-order valence-electron chi connectivity index (χ0n) is 14.0. The highest BCUT2D eigenvalue weighted by Gasteiger charge is 2.11. The molecule has 1 aromatic carbocycles. The third kappa shape index (κ3) is 6.13. The molecule has 1 heterocycles. The number of hydrogen-bond donors (Lipinski definition) is 2. The maximum atomic E-state index is 6.20. The van der Waals surface area contributed by atoms with Gasteiger partial charge < -0.3 is 10.5 Å². The summed E-state index contributed by atoms with van der Waals surface area (Å²) in [7, 11) is 0. The van der Waals surface area contributed by atoms with Crippen LogP contribution in [0.2, 0.25) is 5.02 Å². The van der Waals surface area contributed by atoms with E-state index in [-0.39, 0.29) is 6.01 Å². The quantitative estimate of drug-likeness (QED) is 0.747. The molecule has 0 aliphatic heterocycles. The molecule has 0 aliphatic rings. The second kappa shape index (κ2) is 11.0. The lowest BCUT2D eigenvalue weighted by molar-refractivity contribution is 0.312. The maximum absolute atomic E-state index is 6.20. The van der Waals surface area contributed by atoms with Crippen LogP contribution in [0.15, 0.2) is 36.9 Å². The van der Waals surface area contributed by atoms with Gasteiger partial charge in [-0.2, -0.15) is 9.97 Å². The van der Waals surface area contributed by atoms with Crippen LogP contribution in [0.25, 0.3) is 16.2 Å². The first-order valence-corrected chi connectivity index (χ1v) is 8.85. The van der Waals surface area contributed by atoms with Crippen molar-refractivity contribution in [3.05, 3.63) is 47.6 Å². The molecule has 7 heteroatoms. The van der Waals surface area contributed by atoms with Gasteiger partial charge in [-0.1, -0.05) is 43.3 Å². The van der Waals surface area contributed by atoms with Crippen molar-refractivity contribution in [3.8, 4) is 17.3 Å². The number of nitrogens with two attached hydrogens (primary N) is 2. The maximum Gasteiger partial charge on any atom is 0.317 e. The highest BCUT2D eigenvalue weighted by Crippen LogP contribution is 2.30. The molecule has 2 aromatic rings. The summed E-state index contributed by atoms with van der Waals surface area (Å²) in [5.41, 5.74) is 7.15. The number of benzene rings is 1. The summed E-state index contributed by atoms with van der Waals surface area (Å²) in [6.45, 7) is 9.09. The van der Waals surface area contributed by atoms with Gasteiger partial charge in [0.2, 0.25) is 0 Å². The lowest BCUT2D eigenvalue weighted by atomic mass is 10.1. The van der Waals surface area contributed by atoms with E-state index in [2.05, 4.69) is 23.5 Å². The molecule has 0 bridgehead atoms. The number of aromatic nitrogens is 2. The molecule has 4 N–H and O–H groups in total. The molecule has 2 rings (SSSR count). The molecule has 24 heavy (non-hydrogen) atoms. The topological polar surface area (TPSA) is 87.0 Å². The summed E-state index contributed by atoms with van der Waals surface area (Å²) in [4.78, 5) is 9.27. The molecular formula is C17H23ClN4OS. The molecule has 0 spiro atoms. The van der Waals surface area contributed by atoms with Crippen molar-refractivity contribution in [2.24, 2.45) is 10.9 Å². The van der Waals surface area contributed by atoms with Crippen molar-refractivity contribution in [2.45, 2.75) is 20.3 Å². The molecule has 0 fully saturated rings. The van der Waals surface area contributed by atoms with Gasteiger partial charge in [0.1, 0.15) is 0 Å². The van der Waals surface area contributed by atoms with Gasteiger partial charge >= 0.3 is 6.01 Å². The predicted molar refractivity (Wildman–Crippen MR) is 104 cm³/mol. The molecule has 0 saturated carbocycles. The van der Waals surface area contributed by atoms with Crippen LogP contribution in [-0.4, -0.2) is 23.1 Å². The highest BCUT2D eigenvalue weighted by molar-refractivity contribution is 8.06. The minimum atomic E-state index is 0.287. The van der Waals surface area contributed by atoms with Crippen molar-refractivity contribution in [2.75, 3.05) is 13.2 Å². The van der Waals surface area contributed by atoms with E-state index in [1.807, 2.05) is 31.2 Å². The molecule has 0 radical (unpaired) electrons. The number of ether oxygens (including phenoxy) is 1. The van der Waals surface area contributed by atoms with Gasteiger partial charge in [-0.25, -0.2) is 0 Å². The average Bonchev–Trinajstić information content (AvgIpc) is 2.61. The van der Waals surface area contributed by atoms with E-state index in [4.69, 9.17) is 27.2 Å². The fourth-order valence-electron chi connectivity index (χ4n) is 1.63. The number of nitrogens with zero attached hydrogens (tertiary/aromatic N) is 2. The minimum Gasteiger partial charge on any atom is -0.464 e. The summed E-state index contributed by atoms with van der Waals surface area (Å²) in [6, 6.07) is 9.55. The van der Waals surface area contributed by atoms with Crippen LogP contribution in [0.3, 0.4) is 0 Å². The van der Waals surface area contributed by atoms with Crippen LogP contribution >= 0.6 is 23.5 Å². The SMILES string of the molecule is C=C(SN)c1cc(-c2ccccc2Cl)nc(OCC)n1.CCCN. The number of halogens is 1. The van der Waals surface area contributed by atoms with Gasteiger partial charge in [-0.05, 0) is 44.0 Å². The Labute approximate surface area is 152 Å². The van der Waals surface area contributed by atoms with E-state index in [0.29, 0.717) is 27.9 Å². The van der Waals surface area contributed by atoms with Crippen LogP contribution in [0.4, 0.5) is 0 Å². The van der Waals surface area contributed by atoms with Gasteiger partial charge in [0, 0.05) is 15.5 Å². The zero-order chi connectivity index (χ0) is 17.9. The minimum absolute atomic E-state index is 0.287. The Morgan fingerprint density at radius 1 is 1.29 bits per heavy atom. The van der Waals surface area contributed by atoms with Crippen molar-refractivity contribution >= 4 is 28.5 Å². The average molecular weight is 367 g/mol. The van der Waals surface area contributed by atoms with Gasteiger partial charge in [0.05, 0.1) is 18.0 Å². The fraction of sp³-hybridized carbons (Fsp3) is 0.294. The van der Waals surface area contributed by atoms with Gasteiger partial charge in [-0.15, -0.1) is 0 Å². The van der Waals surface area contributed by atoms with E-state index < -0.39 is 0 Å². The molecule has 0 amide bonds. The Morgan fingerprint density at radius 3 is 2.50 bits per heavy atom. The fourth-order valence-corrected chi connectivity index (χ4v) is 2.09. The first-order chi connectivity index (χ1) is 11.6. The predicted octanol–water partition coefficient (Wildman–Crippen LogP) is 4.13. The first-order valence-electron chi connectivity index (χ1n) is 7.60. The third-order valence-corrected chi connectivity index (χ3v) is 3.67. The lowest BCUT2D eigenvalue weighted by Gasteiger charge is -2.09. The Morgan fingerprint density at radius 2 is 1.96 bits per heavy atom. The van der Waals surface area contributed by atoms with E-state index in [9.17, 15) is 0 Å². The molecule has 0 saturated heterocycles. The highest BCUT2D eigenvalue weighted by atomic mass is 35.5. The largest absolute Gasteiger partial charge is 0.464 e. The van der Waals surface area contributed by atoms with Crippen LogP contribution in [0, 0.1) is 0 Å². The van der Waals surface area contributed by atoms with Crippen molar-refractivity contribution in [3.63, 3.8) is 0 Å². The van der Waals surface area contributed by atoms with Crippen LogP contribution in [-0.2, 0) is 0 Å². The molecule has 5 nitrogen and oxygen atoms in total. The summed E-state index contributed by atoms with van der Waals surface area (Å²) in [5.74, 6) is 0. The van der Waals surface area contributed by atoms with E-state index in [1.165, 1.54) is 0 Å². The second-order valence-corrected chi connectivity index (χ2v) is 5.80. The molecule has 0 aliphatic carbocycles. The van der Waals surface area contributed by atoms with Gasteiger partial charge in [0.15, 0.2) is 0 Å². The standard InChI is InChI=1S/C14H14ClN3OS.C3H9N/c1-3-19-14-17-12(9(2)20-16)8-13(18-14)10-6-4-5-7-11(10)15;1-2-3-4/h4-8H,2-3,16H2,1H3;2-4H2,1H3. The summed E-state index contributed by atoms with van der Waals surface area (Å²) < 4.78 is 5.39. The van der Waals surface area contributed by atoms with E-state index >= 15 is 0 Å². The Hall–Kier alpha value is -1.60. The molecule has 1 aromatic heterocycles. The van der Waals surface area contributed by atoms with Crippen LogP contribution in [0.1, 0.15) is 26.0 Å². The van der Waals surface area contributed by atoms with Crippen LogP contribution < -0.4 is 15.6 Å². The summed E-state index contributed by atoms with van der Waals surface area (Å²) in [5, 5.41) is 6.15. The summed E-state index contributed by atoms with van der Waals surface area (Å²) >= 11 is 7.24. The smallest absolute Gasteiger partial charge is 0.317 e. The van der Waals surface area contributed by atoms with Gasteiger partial charge in [0.25, 0.3) is 0 Å². The molecule has 0 unspecified atom stereocenters. The van der Waals surface area contributed by atoms with Crippen molar-refractivity contribution in [1.29, 1.82) is 0 Å². The monoisotopic (exact) mass is 366 g/mol. The van der Waals surface area contributed by atoms with Crippen molar-refractivity contribution in [1.82, 2.24) is 9.97 Å². The second-order valence-electron chi connectivity index (χ2n) is 4.66. The first kappa shape index (κ1) is 20.4.